The van der Waals surface area contributed by atoms with Crippen molar-refractivity contribution in [1.29, 1.82) is 0 Å². The highest BCUT2D eigenvalue weighted by atomic mass is 35.5. The molecule has 0 atom stereocenters. The molecule has 1 aromatic heterocycles. The summed E-state index contributed by atoms with van der Waals surface area (Å²) in [6.45, 7) is 1.89. The molecule has 0 aliphatic carbocycles. The number of carbonyl (C=O) groups is 2. The van der Waals surface area contributed by atoms with Gasteiger partial charge in [-0.2, -0.15) is 0 Å². The summed E-state index contributed by atoms with van der Waals surface area (Å²) in [4.78, 5) is 24.7. The van der Waals surface area contributed by atoms with E-state index in [1.165, 1.54) is 11.8 Å². The number of para-hydroxylation sites is 2. The Balaban J connectivity index is 1.56. The number of halogens is 1. The molecule has 0 saturated heterocycles. The van der Waals surface area contributed by atoms with Gasteiger partial charge in [0.25, 0.3) is 0 Å². The van der Waals surface area contributed by atoms with E-state index < -0.39 is 0 Å². The van der Waals surface area contributed by atoms with Crippen molar-refractivity contribution in [2.24, 2.45) is 7.05 Å². The van der Waals surface area contributed by atoms with E-state index in [0.717, 1.165) is 5.56 Å². The number of ether oxygens (including phenoxy) is 1. The molecule has 162 valence electrons. The van der Waals surface area contributed by atoms with Crippen LogP contribution >= 0.6 is 23.4 Å². The number of carbonyl (C=O) groups excluding carboxylic acids is 2. The second kappa shape index (κ2) is 10.3. The molecular weight excluding hydrogens is 438 g/mol. The largest absolute Gasteiger partial charge is 0.495 e. The summed E-state index contributed by atoms with van der Waals surface area (Å²) in [7, 11) is 3.30. The monoisotopic (exact) mass is 459 g/mol. The quantitative estimate of drug-likeness (QED) is 0.498. The number of anilines is 2. The molecule has 0 aliphatic heterocycles. The Bertz CT molecular complexity index is 1100. The highest BCUT2D eigenvalue weighted by molar-refractivity contribution is 7.99. The lowest BCUT2D eigenvalue weighted by Gasteiger charge is -2.10. The summed E-state index contributed by atoms with van der Waals surface area (Å²) in [5.74, 6) is 0.775. The second-order valence-electron chi connectivity index (χ2n) is 6.68. The predicted octanol–water partition coefficient (Wildman–Crippen LogP) is 3.70. The first-order valence-corrected chi connectivity index (χ1v) is 10.7. The molecule has 0 unspecified atom stereocenters. The van der Waals surface area contributed by atoms with Gasteiger partial charge >= 0.3 is 0 Å². The third kappa shape index (κ3) is 5.99. The van der Waals surface area contributed by atoms with Crippen LogP contribution in [0.1, 0.15) is 11.4 Å². The minimum atomic E-state index is -0.245. The third-order valence-electron chi connectivity index (χ3n) is 4.43. The third-order valence-corrected chi connectivity index (χ3v) is 5.69. The van der Waals surface area contributed by atoms with Crippen LogP contribution in [-0.4, -0.2) is 39.4 Å². The van der Waals surface area contributed by atoms with Crippen molar-refractivity contribution in [3.05, 3.63) is 58.9 Å². The molecule has 2 aromatic carbocycles. The summed E-state index contributed by atoms with van der Waals surface area (Å²) in [6.07, 6.45) is 0.0377. The standard InChI is InChI=1S/C21H22ClN5O3S/c1-13-8-9-14(22)10-16(13)24-20(29)12-31-21-26-25-18(27(21)2)11-19(28)23-15-6-4-5-7-17(15)30-3/h4-10H,11-12H2,1-3H3,(H,23,28)(H,24,29). The van der Waals surface area contributed by atoms with E-state index in [4.69, 9.17) is 16.3 Å². The number of methoxy groups -OCH3 is 1. The number of aromatic nitrogens is 3. The lowest BCUT2D eigenvalue weighted by atomic mass is 10.2. The van der Waals surface area contributed by atoms with Crippen LogP contribution in [0.15, 0.2) is 47.6 Å². The van der Waals surface area contributed by atoms with E-state index in [9.17, 15) is 9.59 Å². The van der Waals surface area contributed by atoms with Crippen molar-refractivity contribution in [3.8, 4) is 5.75 Å². The van der Waals surface area contributed by atoms with Crippen molar-refractivity contribution in [2.75, 3.05) is 23.5 Å². The molecule has 1 heterocycles. The number of thioether (sulfide) groups is 1. The lowest BCUT2D eigenvalue weighted by Crippen LogP contribution is -2.17. The topological polar surface area (TPSA) is 98.1 Å². The Morgan fingerprint density at radius 3 is 2.61 bits per heavy atom. The van der Waals surface area contributed by atoms with Gasteiger partial charge in [0.2, 0.25) is 11.8 Å². The van der Waals surface area contributed by atoms with Crippen LogP contribution < -0.4 is 15.4 Å². The highest BCUT2D eigenvalue weighted by Gasteiger charge is 2.16. The van der Waals surface area contributed by atoms with E-state index >= 15 is 0 Å². The van der Waals surface area contributed by atoms with Crippen molar-refractivity contribution in [3.63, 3.8) is 0 Å². The fourth-order valence-electron chi connectivity index (χ4n) is 2.76. The number of nitrogens with zero attached hydrogens (tertiary/aromatic N) is 3. The van der Waals surface area contributed by atoms with Gasteiger partial charge in [-0.3, -0.25) is 9.59 Å². The first kappa shape index (κ1) is 22.6. The van der Waals surface area contributed by atoms with Gasteiger partial charge in [0, 0.05) is 17.8 Å². The van der Waals surface area contributed by atoms with E-state index in [0.29, 0.717) is 33.1 Å². The van der Waals surface area contributed by atoms with Gasteiger partial charge in [-0.15, -0.1) is 10.2 Å². The van der Waals surface area contributed by atoms with E-state index in [1.54, 1.807) is 43.0 Å². The van der Waals surface area contributed by atoms with Gasteiger partial charge in [0.05, 0.1) is 25.0 Å². The summed E-state index contributed by atoms with van der Waals surface area (Å²) < 4.78 is 6.94. The fourth-order valence-corrected chi connectivity index (χ4v) is 3.66. The summed E-state index contributed by atoms with van der Waals surface area (Å²) in [5.41, 5.74) is 2.18. The molecule has 10 heteroatoms. The zero-order valence-electron chi connectivity index (χ0n) is 17.3. The molecule has 3 rings (SSSR count). The number of hydrogen-bond acceptors (Lipinski definition) is 6. The number of aryl methyl sites for hydroxylation is 1. The average molecular weight is 460 g/mol. The number of benzene rings is 2. The number of hydrogen-bond donors (Lipinski definition) is 2. The summed E-state index contributed by atoms with van der Waals surface area (Å²) in [5, 5.41) is 14.9. The van der Waals surface area contributed by atoms with Gasteiger partial charge in [0.1, 0.15) is 11.6 Å². The van der Waals surface area contributed by atoms with Crippen LogP contribution in [0.25, 0.3) is 0 Å². The van der Waals surface area contributed by atoms with Gasteiger partial charge < -0.3 is 19.9 Å². The van der Waals surface area contributed by atoms with Gasteiger partial charge in [-0.25, -0.2) is 0 Å². The molecule has 31 heavy (non-hydrogen) atoms. The van der Waals surface area contributed by atoms with E-state index in [1.807, 2.05) is 25.1 Å². The minimum absolute atomic E-state index is 0.0377. The van der Waals surface area contributed by atoms with Gasteiger partial charge in [-0.1, -0.05) is 41.6 Å². The number of nitrogens with one attached hydrogen (secondary N) is 2. The summed E-state index contributed by atoms with van der Waals surface area (Å²) >= 11 is 7.22. The molecule has 0 saturated carbocycles. The first-order valence-electron chi connectivity index (χ1n) is 9.37. The maximum atomic E-state index is 12.4. The summed E-state index contributed by atoms with van der Waals surface area (Å²) in [6, 6.07) is 12.5. The van der Waals surface area contributed by atoms with Crippen LogP contribution in [0.5, 0.6) is 5.75 Å². The SMILES string of the molecule is COc1ccccc1NC(=O)Cc1nnc(SCC(=O)Nc2cc(Cl)ccc2C)n1C. The number of rotatable bonds is 8. The van der Waals surface area contributed by atoms with Crippen molar-refractivity contribution in [2.45, 2.75) is 18.5 Å². The molecule has 2 N–H and O–H groups in total. The van der Waals surface area contributed by atoms with Crippen molar-refractivity contribution in [1.82, 2.24) is 14.8 Å². The maximum absolute atomic E-state index is 12.4. The minimum Gasteiger partial charge on any atom is -0.495 e. The zero-order valence-corrected chi connectivity index (χ0v) is 18.9. The van der Waals surface area contributed by atoms with Crippen LogP contribution in [0.3, 0.4) is 0 Å². The maximum Gasteiger partial charge on any atom is 0.234 e. The molecular formula is C21H22ClN5O3S. The molecule has 0 radical (unpaired) electrons. The van der Waals surface area contributed by atoms with Gasteiger partial charge in [0.15, 0.2) is 5.16 Å². The normalized spacial score (nSPS) is 10.6. The Morgan fingerprint density at radius 2 is 1.84 bits per heavy atom. The molecule has 8 nitrogen and oxygen atoms in total. The molecule has 0 spiro atoms. The Kier molecular flexibility index (Phi) is 7.54. The Hall–Kier alpha value is -3.04. The number of amides is 2. The smallest absolute Gasteiger partial charge is 0.234 e. The van der Waals surface area contributed by atoms with Crippen LogP contribution in [0.2, 0.25) is 5.02 Å². The van der Waals surface area contributed by atoms with E-state index in [-0.39, 0.29) is 24.0 Å². The molecule has 0 bridgehead atoms. The van der Waals surface area contributed by atoms with Crippen LogP contribution in [-0.2, 0) is 23.1 Å². The van der Waals surface area contributed by atoms with Crippen molar-refractivity contribution < 1.29 is 14.3 Å². The first-order chi connectivity index (χ1) is 14.9. The Labute approximate surface area is 189 Å². The zero-order chi connectivity index (χ0) is 22.4. The Morgan fingerprint density at radius 1 is 1.10 bits per heavy atom. The molecule has 0 fully saturated rings. The lowest BCUT2D eigenvalue weighted by molar-refractivity contribution is -0.116. The van der Waals surface area contributed by atoms with Crippen LogP contribution in [0, 0.1) is 6.92 Å². The molecule has 0 aliphatic rings. The van der Waals surface area contributed by atoms with Gasteiger partial charge in [-0.05, 0) is 36.8 Å². The highest BCUT2D eigenvalue weighted by Crippen LogP contribution is 2.24. The molecule has 3 aromatic rings. The van der Waals surface area contributed by atoms with Crippen molar-refractivity contribution >= 4 is 46.6 Å². The van der Waals surface area contributed by atoms with Crippen LogP contribution in [0.4, 0.5) is 11.4 Å². The fraction of sp³-hybridized carbons (Fsp3) is 0.238. The average Bonchev–Trinajstić information content (AvgIpc) is 3.09. The predicted molar refractivity (Wildman–Crippen MR) is 122 cm³/mol. The molecule has 2 amide bonds. The second-order valence-corrected chi connectivity index (χ2v) is 8.06. The van der Waals surface area contributed by atoms with E-state index in [2.05, 4.69) is 20.8 Å².